The molecule has 1 heterocycles. The van der Waals surface area contributed by atoms with Gasteiger partial charge in [0.1, 0.15) is 0 Å². The van der Waals surface area contributed by atoms with Crippen molar-refractivity contribution in [1.29, 1.82) is 0 Å². The average molecular weight is 329 g/mol. The second-order valence-corrected chi connectivity index (χ2v) is 7.21. The third-order valence-electron chi connectivity index (χ3n) is 4.92. The van der Waals surface area contributed by atoms with Crippen molar-refractivity contribution in [2.24, 2.45) is 5.92 Å². The molecule has 5 heteroatoms. The third-order valence-corrected chi connectivity index (χ3v) is 4.92. The Morgan fingerprint density at radius 1 is 1.25 bits per heavy atom. The summed E-state index contributed by atoms with van der Waals surface area (Å²) in [6, 6.07) is 8.13. The van der Waals surface area contributed by atoms with Crippen LogP contribution < -0.4 is 10.2 Å². The van der Waals surface area contributed by atoms with Gasteiger partial charge in [0.2, 0.25) is 11.9 Å². The fourth-order valence-electron chi connectivity index (χ4n) is 3.57. The summed E-state index contributed by atoms with van der Waals surface area (Å²) in [6.07, 6.45) is 6.68. The molecule has 2 aromatic rings. The number of hydrogen-bond donors (Lipinski definition) is 2. The summed E-state index contributed by atoms with van der Waals surface area (Å²) in [6.45, 7) is 1.98. The summed E-state index contributed by atoms with van der Waals surface area (Å²) in [5, 5.41) is 3.11. The number of hydrogen-bond acceptors (Lipinski definition) is 2. The highest BCUT2D eigenvalue weighted by atomic mass is 16.2. The lowest BCUT2D eigenvalue weighted by atomic mass is 9.89. The Labute approximate surface area is 144 Å². The number of para-hydroxylation sites is 2. The Balaban J connectivity index is 1.78. The fraction of sp³-hybridized carbons (Fsp3) is 0.579. The van der Waals surface area contributed by atoms with Crippen molar-refractivity contribution in [3.05, 3.63) is 24.3 Å². The molecule has 1 aromatic heterocycles. The van der Waals surface area contributed by atoms with Crippen LogP contribution in [0.2, 0.25) is 0 Å². The number of nitrogens with one attached hydrogen (secondary N) is 2. The number of carbonyl (C=O) groups is 1. The van der Waals surface area contributed by atoms with Crippen LogP contribution in [0.4, 0.5) is 5.95 Å². The highest BCUT2D eigenvalue weighted by Crippen LogP contribution is 2.26. The summed E-state index contributed by atoms with van der Waals surface area (Å²) in [5.41, 5.74) is 2.05. The van der Waals surface area contributed by atoms with E-state index >= 15 is 0 Å². The van der Waals surface area contributed by atoms with Crippen molar-refractivity contribution in [1.82, 2.24) is 9.55 Å². The van der Waals surface area contributed by atoms with Gasteiger partial charge in [0, 0.05) is 18.9 Å². The van der Waals surface area contributed by atoms with Crippen molar-refractivity contribution in [3.63, 3.8) is 0 Å². The molecule has 2 N–H and O–H groups in total. The van der Waals surface area contributed by atoms with E-state index in [9.17, 15) is 4.79 Å². The van der Waals surface area contributed by atoms with E-state index in [1.165, 1.54) is 24.2 Å². The Hall–Kier alpha value is -1.88. The number of aromatic nitrogens is 2. The van der Waals surface area contributed by atoms with Crippen molar-refractivity contribution >= 4 is 22.9 Å². The minimum absolute atomic E-state index is 0.143. The largest absolute Gasteiger partial charge is 0.340 e. The lowest BCUT2D eigenvalue weighted by Gasteiger charge is -2.20. The van der Waals surface area contributed by atoms with Gasteiger partial charge in [-0.05, 0) is 25.0 Å². The SMILES string of the molecule is C[NH+](C)CCCn1c(NC(=O)C2CCCCC2)nc2ccccc21. The van der Waals surface area contributed by atoms with E-state index in [0.29, 0.717) is 5.95 Å². The first-order valence-electron chi connectivity index (χ1n) is 9.20. The van der Waals surface area contributed by atoms with Crippen LogP contribution >= 0.6 is 0 Å². The van der Waals surface area contributed by atoms with E-state index in [-0.39, 0.29) is 11.8 Å². The molecule has 1 aliphatic rings. The lowest BCUT2D eigenvalue weighted by molar-refractivity contribution is -0.858. The second kappa shape index (κ2) is 7.79. The average Bonchev–Trinajstić information content (AvgIpc) is 2.93. The van der Waals surface area contributed by atoms with Gasteiger partial charge in [-0.1, -0.05) is 31.4 Å². The Morgan fingerprint density at radius 2 is 2.00 bits per heavy atom. The molecule has 1 fully saturated rings. The maximum atomic E-state index is 12.6. The third kappa shape index (κ3) is 3.96. The molecule has 1 amide bonds. The number of fused-ring (bicyclic) bond motifs is 1. The summed E-state index contributed by atoms with van der Waals surface area (Å²) < 4.78 is 2.17. The van der Waals surface area contributed by atoms with Crippen molar-refractivity contribution in [2.45, 2.75) is 45.1 Å². The molecule has 0 aliphatic heterocycles. The van der Waals surface area contributed by atoms with Gasteiger partial charge in [-0.2, -0.15) is 0 Å². The molecular weight excluding hydrogens is 300 g/mol. The Morgan fingerprint density at radius 3 is 2.75 bits per heavy atom. The molecule has 1 saturated carbocycles. The van der Waals surface area contributed by atoms with Crippen LogP contribution in [-0.4, -0.2) is 36.1 Å². The van der Waals surface area contributed by atoms with Gasteiger partial charge < -0.3 is 9.47 Å². The standard InChI is InChI=1S/C19H28N4O/c1-22(2)13-8-14-23-17-12-7-6-11-16(17)20-19(23)21-18(24)15-9-4-3-5-10-15/h6-7,11-12,15H,3-5,8-10,13-14H2,1-2H3,(H,20,21,24)/p+1. The maximum absolute atomic E-state index is 12.6. The first-order valence-corrected chi connectivity index (χ1v) is 9.20. The summed E-state index contributed by atoms with van der Waals surface area (Å²) in [7, 11) is 4.33. The second-order valence-electron chi connectivity index (χ2n) is 7.21. The van der Waals surface area contributed by atoms with Gasteiger partial charge in [-0.25, -0.2) is 4.98 Å². The minimum Gasteiger partial charge on any atom is -0.340 e. The van der Waals surface area contributed by atoms with Crippen LogP contribution in [0, 0.1) is 5.92 Å². The maximum Gasteiger partial charge on any atom is 0.229 e. The van der Waals surface area contributed by atoms with E-state index in [1.54, 1.807) is 0 Å². The molecule has 0 bridgehead atoms. The molecule has 24 heavy (non-hydrogen) atoms. The molecule has 5 nitrogen and oxygen atoms in total. The van der Waals surface area contributed by atoms with Gasteiger partial charge in [-0.3, -0.25) is 10.1 Å². The first-order chi connectivity index (χ1) is 11.6. The normalized spacial score (nSPS) is 16.0. The summed E-state index contributed by atoms with van der Waals surface area (Å²) in [4.78, 5) is 18.7. The minimum atomic E-state index is 0.143. The Bertz CT molecular complexity index is 686. The van der Waals surface area contributed by atoms with Gasteiger partial charge >= 0.3 is 0 Å². The lowest BCUT2D eigenvalue weighted by Crippen LogP contribution is -3.05. The molecule has 1 aromatic carbocycles. The predicted octanol–water partition coefficient (Wildman–Crippen LogP) is 2.09. The summed E-state index contributed by atoms with van der Waals surface area (Å²) >= 11 is 0. The van der Waals surface area contributed by atoms with Crippen LogP contribution in [0.5, 0.6) is 0 Å². The van der Waals surface area contributed by atoms with E-state index in [0.717, 1.165) is 43.4 Å². The number of benzene rings is 1. The topological polar surface area (TPSA) is 51.4 Å². The molecule has 1 aliphatic carbocycles. The molecule has 0 unspecified atom stereocenters. The molecule has 0 atom stereocenters. The predicted molar refractivity (Wildman–Crippen MR) is 97.2 cm³/mol. The zero-order valence-electron chi connectivity index (χ0n) is 14.8. The molecule has 0 spiro atoms. The van der Waals surface area contributed by atoms with Crippen molar-refractivity contribution < 1.29 is 9.69 Å². The quantitative estimate of drug-likeness (QED) is 0.853. The number of imidazole rings is 1. The van der Waals surface area contributed by atoms with Crippen LogP contribution in [0.3, 0.4) is 0 Å². The number of quaternary nitrogens is 1. The van der Waals surface area contributed by atoms with Crippen LogP contribution in [0.25, 0.3) is 11.0 Å². The van der Waals surface area contributed by atoms with E-state index in [2.05, 4.69) is 35.0 Å². The number of amides is 1. The zero-order valence-corrected chi connectivity index (χ0v) is 14.8. The zero-order chi connectivity index (χ0) is 16.9. The van der Waals surface area contributed by atoms with Crippen molar-refractivity contribution in [2.75, 3.05) is 26.0 Å². The highest BCUT2D eigenvalue weighted by Gasteiger charge is 2.23. The van der Waals surface area contributed by atoms with Crippen LogP contribution in [0.1, 0.15) is 38.5 Å². The molecule has 130 valence electrons. The van der Waals surface area contributed by atoms with Gasteiger partial charge in [0.25, 0.3) is 0 Å². The number of rotatable bonds is 6. The monoisotopic (exact) mass is 329 g/mol. The Kier molecular flexibility index (Phi) is 5.51. The van der Waals surface area contributed by atoms with Gasteiger partial charge in [-0.15, -0.1) is 0 Å². The van der Waals surface area contributed by atoms with E-state index < -0.39 is 0 Å². The van der Waals surface area contributed by atoms with Crippen LogP contribution in [-0.2, 0) is 11.3 Å². The molecule has 0 radical (unpaired) electrons. The number of anilines is 1. The summed E-state index contributed by atoms with van der Waals surface area (Å²) in [5.74, 6) is 1.00. The molecule has 0 saturated heterocycles. The fourth-order valence-corrected chi connectivity index (χ4v) is 3.57. The number of aryl methyl sites for hydroxylation is 1. The molecular formula is C19H29N4O+. The number of carbonyl (C=O) groups excluding carboxylic acids is 1. The number of nitrogens with zero attached hydrogens (tertiary/aromatic N) is 2. The van der Waals surface area contributed by atoms with Crippen LogP contribution in [0.15, 0.2) is 24.3 Å². The highest BCUT2D eigenvalue weighted by molar-refractivity contribution is 5.93. The van der Waals surface area contributed by atoms with Crippen molar-refractivity contribution in [3.8, 4) is 0 Å². The van der Waals surface area contributed by atoms with E-state index in [4.69, 9.17) is 0 Å². The van der Waals surface area contributed by atoms with Gasteiger partial charge in [0.15, 0.2) is 0 Å². The molecule has 3 rings (SSSR count). The van der Waals surface area contributed by atoms with Gasteiger partial charge in [0.05, 0.1) is 31.7 Å². The van der Waals surface area contributed by atoms with E-state index in [1.807, 2.05) is 18.2 Å². The smallest absolute Gasteiger partial charge is 0.229 e. The first kappa shape index (κ1) is 17.0.